The van der Waals surface area contributed by atoms with Gasteiger partial charge in [0.15, 0.2) is 0 Å². The molecule has 4 atom stereocenters. The number of nitrogens with zero attached hydrogens (tertiary/aromatic N) is 1. The highest BCUT2D eigenvalue weighted by atomic mass is 16.4. The fourth-order valence-corrected chi connectivity index (χ4v) is 4.33. The number of amides is 4. The number of carbonyl (C=O) groups excluding carboxylic acids is 4. The quantitative estimate of drug-likeness (QED) is 0.118. The molecule has 0 saturated carbocycles. The highest BCUT2D eigenvalue weighted by Crippen LogP contribution is 2.19. The summed E-state index contributed by atoms with van der Waals surface area (Å²) in [5.41, 5.74) is 13.4. The zero-order valence-electron chi connectivity index (χ0n) is 22.8. The van der Waals surface area contributed by atoms with Crippen molar-refractivity contribution in [3.8, 4) is 0 Å². The third-order valence-electron chi connectivity index (χ3n) is 6.61. The molecular formula is C27H36N8O6. The number of carboxylic acids is 1. The molecule has 0 saturated heterocycles. The molecule has 0 radical (unpaired) electrons. The number of para-hydroxylation sites is 1. The number of nitrogens with two attached hydrogens (primary N) is 2. The normalized spacial score (nSPS) is 14.1. The molecule has 10 N–H and O–H groups in total. The minimum Gasteiger partial charge on any atom is -0.480 e. The average Bonchev–Trinajstić information content (AvgIpc) is 3.58. The van der Waals surface area contributed by atoms with Gasteiger partial charge in [-0.2, -0.15) is 0 Å². The summed E-state index contributed by atoms with van der Waals surface area (Å²) in [4.78, 5) is 72.7. The fraction of sp³-hybridized carbons (Fsp3) is 0.407. The van der Waals surface area contributed by atoms with Gasteiger partial charge in [-0.05, 0) is 24.0 Å². The monoisotopic (exact) mass is 568 g/mol. The number of aromatic amines is 2. The van der Waals surface area contributed by atoms with Gasteiger partial charge in [-0.15, -0.1) is 0 Å². The van der Waals surface area contributed by atoms with Gasteiger partial charge in [-0.1, -0.05) is 32.0 Å². The number of hydrogen-bond acceptors (Lipinski definition) is 7. The van der Waals surface area contributed by atoms with Gasteiger partial charge in [0.1, 0.15) is 18.1 Å². The zero-order chi connectivity index (χ0) is 30.1. The van der Waals surface area contributed by atoms with E-state index in [4.69, 9.17) is 11.5 Å². The Hall–Kier alpha value is -4.72. The van der Waals surface area contributed by atoms with Gasteiger partial charge in [0.25, 0.3) is 0 Å². The maximum Gasteiger partial charge on any atom is 0.326 e. The maximum atomic E-state index is 13.5. The first-order valence-corrected chi connectivity index (χ1v) is 13.2. The van der Waals surface area contributed by atoms with Gasteiger partial charge >= 0.3 is 5.97 Å². The lowest BCUT2D eigenvalue weighted by molar-refractivity contribution is -0.143. The van der Waals surface area contributed by atoms with Crippen molar-refractivity contribution in [3.63, 3.8) is 0 Å². The lowest BCUT2D eigenvalue weighted by Gasteiger charge is -2.26. The first-order valence-electron chi connectivity index (χ1n) is 13.2. The molecule has 3 rings (SSSR count). The molecule has 3 aromatic rings. The summed E-state index contributed by atoms with van der Waals surface area (Å²) in [5.74, 6) is -4.48. The topological polar surface area (TPSA) is 238 Å². The molecule has 0 aliphatic heterocycles. The fourth-order valence-electron chi connectivity index (χ4n) is 4.33. The van der Waals surface area contributed by atoms with Crippen LogP contribution in [0, 0.1) is 5.92 Å². The smallest absolute Gasteiger partial charge is 0.326 e. The lowest BCUT2D eigenvalue weighted by Crippen LogP contribution is -2.58. The maximum absolute atomic E-state index is 13.5. The van der Waals surface area contributed by atoms with Gasteiger partial charge in [0, 0.05) is 48.3 Å². The first kappa shape index (κ1) is 30.8. The Morgan fingerprint density at radius 1 is 0.951 bits per heavy atom. The summed E-state index contributed by atoms with van der Waals surface area (Å²) in [6, 6.07) is 2.68. The predicted molar refractivity (Wildman–Crippen MR) is 149 cm³/mol. The van der Waals surface area contributed by atoms with Crippen molar-refractivity contribution >= 4 is 40.5 Å². The van der Waals surface area contributed by atoms with E-state index in [1.807, 2.05) is 24.3 Å². The van der Waals surface area contributed by atoms with Gasteiger partial charge in [-0.25, -0.2) is 9.78 Å². The number of carbonyl (C=O) groups is 5. The number of H-pyrrole nitrogens is 2. The predicted octanol–water partition coefficient (Wildman–Crippen LogP) is -0.536. The van der Waals surface area contributed by atoms with Crippen LogP contribution < -0.4 is 27.4 Å². The van der Waals surface area contributed by atoms with E-state index in [-0.39, 0.29) is 25.7 Å². The number of hydrogen-bond donors (Lipinski definition) is 8. The Balaban J connectivity index is 1.83. The lowest BCUT2D eigenvalue weighted by atomic mass is 10.0. The van der Waals surface area contributed by atoms with Crippen LogP contribution in [0.3, 0.4) is 0 Å². The van der Waals surface area contributed by atoms with E-state index >= 15 is 0 Å². The van der Waals surface area contributed by atoms with Gasteiger partial charge in [0.2, 0.25) is 23.6 Å². The minimum absolute atomic E-state index is 0.0157. The molecule has 0 fully saturated rings. The summed E-state index contributed by atoms with van der Waals surface area (Å²) in [7, 11) is 0. The van der Waals surface area contributed by atoms with Crippen LogP contribution >= 0.6 is 0 Å². The summed E-state index contributed by atoms with van der Waals surface area (Å²) < 4.78 is 0. The molecule has 0 spiro atoms. The van der Waals surface area contributed by atoms with Crippen LogP contribution in [-0.2, 0) is 36.8 Å². The molecule has 2 aromatic heterocycles. The first-order chi connectivity index (χ1) is 19.5. The number of fused-ring (bicyclic) bond motifs is 1. The highest BCUT2D eigenvalue weighted by Gasteiger charge is 2.32. The molecular weight excluding hydrogens is 532 g/mol. The second-order valence-electron chi connectivity index (χ2n) is 10.1. The van der Waals surface area contributed by atoms with Crippen LogP contribution in [0.5, 0.6) is 0 Å². The van der Waals surface area contributed by atoms with E-state index in [1.165, 1.54) is 12.5 Å². The highest BCUT2D eigenvalue weighted by molar-refractivity contribution is 5.95. The zero-order valence-corrected chi connectivity index (χ0v) is 22.8. The molecule has 0 aliphatic rings. The number of benzene rings is 1. The summed E-state index contributed by atoms with van der Waals surface area (Å²) >= 11 is 0. The van der Waals surface area contributed by atoms with Crippen LogP contribution in [0.2, 0.25) is 0 Å². The van der Waals surface area contributed by atoms with Crippen LogP contribution in [0.1, 0.15) is 37.9 Å². The van der Waals surface area contributed by atoms with E-state index in [0.29, 0.717) is 11.3 Å². The van der Waals surface area contributed by atoms with Crippen molar-refractivity contribution in [3.05, 3.63) is 54.2 Å². The Bertz CT molecular complexity index is 1370. The van der Waals surface area contributed by atoms with E-state index in [0.717, 1.165) is 10.9 Å². The SMILES string of the molecule is CC(C)C(NC(=O)C(Cc1c[nH]c2ccccc12)NC(=O)C(CCC(N)=O)NC(=O)C(N)Cc1cnc[nH]1)C(=O)O. The molecule has 0 bridgehead atoms. The van der Waals surface area contributed by atoms with E-state index in [2.05, 4.69) is 30.9 Å². The Labute approximate surface area is 236 Å². The van der Waals surface area contributed by atoms with Crippen molar-refractivity contribution in [1.82, 2.24) is 30.9 Å². The molecule has 0 aliphatic carbocycles. The molecule has 14 nitrogen and oxygen atoms in total. The summed E-state index contributed by atoms with van der Waals surface area (Å²) in [5, 5.41) is 18.1. The standard InChI is InChI=1S/C27H36N8O6/c1-14(2)23(27(40)41)35-26(39)21(9-15-11-31-19-6-4-3-5-17(15)19)34-25(38)20(7-8-22(29)36)33-24(37)18(28)10-16-12-30-13-32-16/h3-6,11-14,18,20-21,23,31H,7-10,28H2,1-2H3,(H2,29,36)(H,30,32)(H,33,37)(H,34,38)(H,35,39)(H,40,41). The number of aliphatic carboxylic acids is 1. The van der Waals surface area contributed by atoms with Crippen LogP contribution in [0.15, 0.2) is 43.0 Å². The Morgan fingerprint density at radius 3 is 2.27 bits per heavy atom. The minimum atomic E-state index is -1.25. The number of primary amides is 1. The second kappa shape index (κ2) is 14.1. The Morgan fingerprint density at radius 2 is 1.63 bits per heavy atom. The second-order valence-corrected chi connectivity index (χ2v) is 10.1. The number of aromatic nitrogens is 3. The number of imidazole rings is 1. The third kappa shape index (κ3) is 8.63. The van der Waals surface area contributed by atoms with Crippen molar-refractivity contribution in [2.45, 2.75) is 63.7 Å². The van der Waals surface area contributed by atoms with Crippen molar-refractivity contribution < 1.29 is 29.1 Å². The van der Waals surface area contributed by atoms with Gasteiger partial charge in [-0.3, -0.25) is 19.2 Å². The summed E-state index contributed by atoms with van der Waals surface area (Å²) in [6.07, 6.45) is 4.43. The van der Waals surface area contributed by atoms with Crippen molar-refractivity contribution in [2.24, 2.45) is 17.4 Å². The van der Waals surface area contributed by atoms with Gasteiger partial charge in [0.05, 0.1) is 12.4 Å². The Kier molecular flexibility index (Phi) is 10.6. The summed E-state index contributed by atoms with van der Waals surface area (Å²) in [6.45, 7) is 3.29. The van der Waals surface area contributed by atoms with Gasteiger partial charge < -0.3 is 42.5 Å². The molecule has 2 heterocycles. The van der Waals surface area contributed by atoms with Crippen LogP contribution in [-0.4, -0.2) is 73.8 Å². The molecule has 41 heavy (non-hydrogen) atoms. The molecule has 4 amide bonds. The average molecular weight is 569 g/mol. The third-order valence-corrected chi connectivity index (χ3v) is 6.61. The van der Waals surface area contributed by atoms with Crippen LogP contribution in [0.25, 0.3) is 10.9 Å². The van der Waals surface area contributed by atoms with Crippen LogP contribution in [0.4, 0.5) is 0 Å². The molecule has 1 aromatic carbocycles. The number of carboxylic acid groups (broad SMARTS) is 1. The van der Waals surface area contributed by atoms with E-state index in [9.17, 15) is 29.1 Å². The van der Waals surface area contributed by atoms with E-state index < -0.39 is 59.7 Å². The largest absolute Gasteiger partial charge is 0.480 e. The van der Waals surface area contributed by atoms with Crippen molar-refractivity contribution in [1.29, 1.82) is 0 Å². The number of nitrogens with one attached hydrogen (secondary N) is 5. The van der Waals surface area contributed by atoms with Crippen molar-refractivity contribution in [2.75, 3.05) is 0 Å². The molecule has 14 heteroatoms. The molecule has 4 unspecified atom stereocenters. The van der Waals surface area contributed by atoms with E-state index in [1.54, 1.807) is 20.0 Å². The molecule has 220 valence electrons. The number of rotatable bonds is 15.